The fraction of sp³-hybridized carbons (Fsp3) is 0.318. The molecule has 1 aliphatic rings. The minimum atomic E-state index is -0.517. The Kier molecular flexibility index (Phi) is 5.39. The average Bonchev–Trinajstić information content (AvgIpc) is 3.35. The van der Waals surface area contributed by atoms with Crippen LogP contribution in [-0.2, 0) is 4.79 Å². The maximum absolute atomic E-state index is 14.0. The predicted octanol–water partition coefficient (Wildman–Crippen LogP) is 4.19. The molecule has 0 N–H and O–H groups in total. The number of benzene rings is 2. The molecule has 1 amide bonds. The Bertz CT molecular complexity index is 1050. The summed E-state index contributed by atoms with van der Waals surface area (Å²) < 4.78 is 30.0. The van der Waals surface area contributed by atoms with Gasteiger partial charge in [0, 0.05) is 30.3 Å². The molecule has 1 aromatic heterocycles. The highest BCUT2D eigenvalue weighted by molar-refractivity contribution is 5.96. The van der Waals surface area contributed by atoms with Crippen molar-refractivity contribution >= 4 is 11.6 Å². The second-order valence-electron chi connectivity index (χ2n) is 7.37. The van der Waals surface area contributed by atoms with Crippen LogP contribution in [0.4, 0.5) is 10.1 Å². The zero-order valence-corrected chi connectivity index (χ0v) is 17.0. The zero-order chi connectivity index (χ0) is 21.3. The number of amides is 1. The van der Waals surface area contributed by atoms with Gasteiger partial charge in [-0.1, -0.05) is 5.16 Å². The van der Waals surface area contributed by atoms with E-state index >= 15 is 0 Å². The van der Waals surface area contributed by atoms with E-state index < -0.39 is 5.82 Å². The summed E-state index contributed by atoms with van der Waals surface area (Å²) in [7, 11) is 1.40. The monoisotopic (exact) mass is 411 g/mol. The van der Waals surface area contributed by atoms with Crippen LogP contribution < -0.4 is 14.4 Å². The first kappa shape index (κ1) is 19.9. The van der Waals surface area contributed by atoms with Crippen molar-refractivity contribution in [3.8, 4) is 22.9 Å². The van der Waals surface area contributed by atoms with Crippen LogP contribution in [0.2, 0.25) is 0 Å². The minimum Gasteiger partial charge on any atom is -0.494 e. The molecule has 30 heavy (non-hydrogen) atoms. The number of hydrogen-bond acceptors (Lipinski definition) is 6. The molecule has 156 valence electrons. The quantitative estimate of drug-likeness (QED) is 0.605. The first-order valence-corrected chi connectivity index (χ1v) is 9.69. The van der Waals surface area contributed by atoms with Crippen molar-refractivity contribution in [2.75, 3.05) is 18.6 Å². The molecule has 1 atom stereocenters. The molecule has 2 aromatic carbocycles. The van der Waals surface area contributed by atoms with Gasteiger partial charge >= 0.3 is 0 Å². The topological polar surface area (TPSA) is 77.7 Å². The molecule has 0 spiro atoms. The summed E-state index contributed by atoms with van der Waals surface area (Å²) in [5, 5.41) is 4.05. The summed E-state index contributed by atoms with van der Waals surface area (Å²) in [6.45, 7) is 4.27. The van der Waals surface area contributed by atoms with E-state index in [2.05, 4.69) is 10.1 Å². The minimum absolute atomic E-state index is 0.0923. The van der Waals surface area contributed by atoms with E-state index in [1.807, 2.05) is 38.1 Å². The lowest BCUT2D eigenvalue weighted by Crippen LogP contribution is -2.24. The van der Waals surface area contributed by atoms with Gasteiger partial charge in [0.25, 0.3) is 0 Å². The maximum Gasteiger partial charge on any atom is 0.232 e. The zero-order valence-electron chi connectivity index (χ0n) is 17.0. The number of aromatic nitrogens is 2. The summed E-state index contributed by atoms with van der Waals surface area (Å²) >= 11 is 0. The lowest BCUT2D eigenvalue weighted by molar-refractivity contribution is -0.117. The number of halogens is 1. The SMILES string of the molecule is COc1ccc(N2CC(c3nc(-c4ccc(OC(C)C)cc4)no3)CC2=O)cc1F. The summed E-state index contributed by atoms with van der Waals surface area (Å²) in [6.07, 6.45) is 0.311. The molecular formula is C22H22FN3O4. The molecule has 1 fully saturated rings. The highest BCUT2D eigenvalue weighted by atomic mass is 19.1. The summed E-state index contributed by atoms with van der Waals surface area (Å²) in [6, 6.07) is 11.9. The number of rotatable bonds is 6. The Morgan fingerprint density at radius 1 is 1.20 bits per heavy atom. The van der Waals surface area contributed by atoms with Gasteiger partial charge in [-0.2, -0.15) is 4.98 Å². The Balaban J connectivity index is 1.49. The standard InChI is InChI=1S/C22H22FN3O4/c1-13(2)29-17-7-4-14(5-8-17)21-24-22(30-25-21)15-10-20(27)26(12-15)16-6-9-19(28-3)18(23)11-16/h4-9,11,13,15H,10,12H2,1-3H3. The third-order valence-corrected chi connectivity index (χ3v) is 4.85. The highest BCUT2D eigenvalue weighted by Gasteiger charge is 2.35. The van der Waals surface area contributed by atoms with E-state index in [4.69, 9.17) is 14.0 Å². The summed E-state index contributed by atoms with van der Waals surface area (Å²) in [4.78, 5) is 18.5. The van der Waals surface area contributed by atoms with E-state index in [0.29, 0.717) is 23.9 Å². The number of carbonyl (C=O) groups is 1. The second-order valence-corrected chi connectivity index (χ2v) is 7.37. The number of ether oxygens (including phenoxy) is 2. The van der Waals surface area contributed by atoms with Crippen LogP contribution in [0, 0.1) is 5.82 Å². The van der Waals surface area contributed by atoms with E-state index in [9.17, 15) is 9.18 Å². The summed E-state index contributed by atoms with van der Waals surface area (Å²) in [5.41, 5.74) is 1.26. The molecule has 1 aliphatic heterocycles. The molecule has 0 aliphatic carbocycles. The fourth-order valence-electron chi connectivity index (χ4n) is 3.42. The average molecular weight is 411 g/mol. The van der Waals surface area contributed by atoms with Crippen LogP contribution in [0.1, 0.15) is 32.1 Å². The highest BCUT2D eigenvalue weighted by Crippen LogP contribution is 2.33. The molecule has 0 bridgehead atoms. The molecule has 0 saturated carbocycles. The number of nitrogens with zero attached hydrogens (tertiary/aromatic N) is 3. The number of carbonyl (C=O) groups excluding carboxylic acids is 1. The predicted molar refractivity (Wildman–Crippen MR) is 108 cm³/mol. The molecule has 8 heteroatoms. The Morgan fingerprint density at radius 3 is 2.63 bits per heavy atom. The molecule has 2 heterocycles. The molecule has 7 nitrogen and oxygen atoms in total. The van der Waals surface area contributed by atoms with E-state index in [-0.39, 0.29) is 30.1 Å². The van der Waals surface area contributed by atoms with Crippen LogP contribution in [-0.4, -0.2) is 35.8 Å². The normalized spacial score (nSPS) is 16.4. The number of hydrogen-bond donors (Lipinski definition) is 0. The van der Waals surface area contributed by atoms with Crippen molar-refractivity contribution in [2.24, 2.45) is 0 Å². The van der Waals surface area contributed by atoms with Crippen LogP contribution in [0.15, 0.2) is 47.0 Å². The van der Waals surface area contributed by atoms with Gasteiger partial charge in [-0.3, -0.25) is 4.79 Å². The number of anilines is 1. The van der Waals surface area contributed by atoms with Crippen molar-refractivity contribution < 1.29 is 23.2 Å². The Morgan fingerprint density at radius 2 is 1.97 bits per heavy atom. The van der Waals surface area contributed by atoms with Crippen LogP contribution >= 0.6 is 0 Å². The van der Waals surface area contributed by atoms with Gasteiger partial charge in [0.15, 0.2) is 11.6 Å². The molecule has 4 rings (SSSR count). The third kappa shape index (κ3) is 3.98. The lowest BCUT2D eigenvalue weighted by atomic mass is 10.1. The first-order chi connectivity index (χ1) is 14.4. The second kappa shape index (κ2) is 8.14. The molecule has 1 unspecified atom stereocenters. The van der Waals surface area contributed by atoms with E-state index in [0.717, 1.165) is 11.3 Å². The van der Waals surface area contributed by atoms with Crippen LogP contribution in [0.5, 0.6) is 11.5 Å². The first-order valence-electron chi connectivity index (χ1n) is 9.69. The van der Waals surface area contributed by atoms with Gasteiger partial charge in [0.2, 0.25) is 17.6 Å². The Labute approximate surface area is 173 Å². The van der Waals surface area contributed by atoms with Gasteiger partial charge in [0.1, 0.15) is 5.75 Å². The van der Waals surface area contributed by atoms with Gasteiger partial charge in [-0.25, -0.2) is 4.39 Å². The molecule has 3 aromatic rings. The molecule has 1 saturated heterocycles. The van der Waals surface area contributed by atoms with Gasteiger partial charge < -0.3 is 18.9 Å². The Hall–Kier alpha value is -3.42. The van der Waals surface area contributed by atoms with Crippen molar-refractivity contribution in [1.82, 2.24) is 10.1 Å². The van der Waals surface area contributed by atoms with Crippen molar-refractivity contribution in [3.63, 3.8) is 0 Å². The van der Waals surface area contributed by atoms with Crippen LogP contribution in [0.3, 0.4) is 0 Å². The van der Waals surface area contributed by atoms with Crippen molar-refractivity contribution in [3.05, 3.63) is 54.2 Å². The van der Waals surface area contributed by atoms with Gasteiger partial charge in [-0.15, -0.1) is 0 Å². The van der Waals surface area contributed by atoms with Crippen molar-refractivity contribution in [2.45, 2.75) is 32.3 Å². The molecule has 0 radical (unpaired) electrons. The van der Waals surface area contributed by atoms with E-state index in [1.54, 1.807) is 6.07 Å². The lowest BCUT2D eigenvalue weighted by Gasteiger charge is -2.16. The van der Waals surface area contributed by atoms with Crippen molar-refractivity contribution in [1.29, 1.82) is 0 Å². The molecular weight excluding hydrogens is 389 g/mol. The number of methoxy groups -OCH3 is 1. The fourth-order valence-corrected chi connectivity index (χ4v) is 3.42. The van der Waals surface area contributed by atoms with Gasteiger partial charge in [-0.05, 0) is 50.2 Å². The smallest absolute Gasteiger partial charge is 0.232 e. The third-order valence-electron chi connectivity index (χ3n) is 4.85. The van der Waals surface area contributed by atoms with E-state index in [1.165, 1.54) is 24.1 Å². The van der Waals surface area contributed by atoms with Gasteiger partial charge in [0.05, 0.1) is 19.1 Å². The summed E-state index contributed by atoms with van der Waals surface area (Å²) in [5.74, 6) is 0.831. The van der Waals surface area contributed by atoms with Crippen LogP contribution in [0.25, 0.3) is 11.4 Å². The largest absolute Gasteiger partial charge is 0.494 e. The maximum atomic E-state index is 14.0.